The zero-order chi connectivity index (χ0) is 20.8. The number of aromatic nitrogens is 2. The van der Waals surface area contributed by atoms with Gasteiger partial charge in [-0.25, -0.2) is 4.98 Å². The first-order valence-electron chi connectivity index (χ1n) is 10.3. The largest absolute Gasteiger partial charge is 0.353 e. The molecule has 1 fully saturated rings. The predicted octanol–water partition coefficient (Wildman–Crippen LogP) is 4.13. The van der Waals surface area contributed by atoms with Crippen LogP contribution in [0.15, 0.2) is 47.4 Å². The van der Waals surface area contributed by atoms with E-state index in [1.807, 2.05) is 6.20 Å². The quantitative estimate of drug-likeness (QED) is 0.549. The molecule has 1 N–H and O–H groups in total. The summed E-state index contributed by atoms with van der Waals surface area (Å²) < 4.78 is 2.06. The van der Waals surface area contributed by atoms with E-state index in [1.165, 1.54) is 28.5 Å². The van der Waals surface area contributed by atoms with Gasteiger partial charge in [0, 0.05) is 43.8 Å². The Hall–Kier alpha value is -2.05. The van der Waals surface area contributed by atoms with Crippen LogP contribution in [0.25, 0.3) is 5.69 Å². The Balaban J connectivity index is 1.49. The molecule has 156 valence electrons. The van der Waals surface area contributed by atoms with Crippen molar-refractivity contribution in [3.05, 3.63) is 53.4 Å². The van der Waals surface area contributed by atoms with Gasteiger partial charge in [-0.15, -0.1) is 0 Å². The first kappa shape index (κ1) is 21.7. The van der Waals surface area contributed by atoms with Crippen molar-refractivity contribution < 1.29 is 4.79 Å². The molecule has 6 heteroatoms. The second-order valence-corrected chi connectivity index (χ2v) is 9.08. The molecular weight excluding hydrogens is 380 g/mol. The Labute approximate surface area is 178 Å². The van der Waals surface area contributed by atoms with Gasteiger partial charge in [-0.05, 0) is 63.8 Å². The van der Waals surface area contributed by atoms with Crippen LogP contribution in [0.5, 0.6) is 0 Å². The van der Waals surface area contributed by atoms with Crippen molar-refractivity contribution in [2.75, 3.05) is 25.4 Å². The SMILES string of the molecule is CC(C)=CCN1CCC(NC(=O)CSc2nccn2-c2cc(C)cc(C)c2)CC1. The van der Waals surface area contributed by atoms with E-state index in [0.29, 0.717) is 5.75 Å². The highest BCUT2D eigenvalue weighted by Crippen LogP contribution is 2.22. The molecule has 5 nitrogen and oxygen atoms in total. The van der Waals surface area contributed by atoms with E-state index >= 15 is 0 Å². The van der Waals surface area contributed by atoms with Crippen LogP contribution >= 0.6 is 11.8 Å². The van der Waals surface area contributed by atoms with Gasteiger partial charge in [0.1, 0.15) is 0 Å². The third-order valence-corrected chi connectivity index (χ3v) is 6.10. The average molecular weight is 413 g/mol. The van der Waals surface area contributed by atoms with Crippen LogP contribution < -0.4 is 5.32 Å². The number of imidazole rings is 1. The van der Waals surface area contributed by atoms with Gasteiger partial charge in [-0.3, -0.25) is 14.3 Å². The molecule has 0 radical (unpaired) electrons. The summed E-state index contributed by atoms with van der Waals surface area (Å²) >= 11 is 1.49. The molecule has 0 atom stereocenters. The minimum Gasteiger partial charge on any atom is -0.353 e. The third-order valence-electron chi connectivity index (χ3n) is 5.13. The molecule has 0 saturated carbocycles. The van der Waals surface area contributed by atoms with Crippen LogP contribution in [0.2, 0.25) is 0 Å². The molecule has 2 aromatic rings. The van der Waals surface area contributed by atoms with Gasteiger partial charge in [0.15, 0.2) is 5.16 Å². The van der Waals surface area contributed by atoms with Crippen LogP contribution in [0.3, 0.4) is 0 Å². The van der Waals surface area contributed by atoms with Gasteiger partial charge >= 0.3 is 0 Å². The van der Waals surface area contributed by atoms with Crippen molar-refractivity contribution in [2.24, 2.45) is 0 Å². The molecule has 1 aliphatic heterocycles. The smallest absolute Gasteiger partial charge is 0.230 e. The number of nitrogens with one attached hydrogen (secondary N) is 1. The lowest BCUT2D eigenvalue weighted by molar-refractivity contribution is -0.119. The fourth-order valence-electron chi connectivity index (χ4n) is 3.65. The number of amides is 1. The molecule has 1 amide bonds. The van der Waals surface area contributed by atoms with E-state index in [2.05, 4.69) is 71.7 Å². The molecule has 3 rings (SSSR count). The van der Waals surface area contributed by atoms with Crippen LogP contribution in [0, 0.1) is 13.8 Å². The zero-order valence-electron chi connectivity index (χ0n) is 17.9. The second kappa shape index (κ2) is 10.1. The van der Waals surface area contributed by atoms with Gasteiger partial charge < -0.3 is 5.32 Å². The minimum atomic E-state index is 0.0905. The van der Waals surface area contributed by atoms with E-state index < -0.39 is 0 Å². The molecule has 29 heavy (non-hydrogen) atoms. The molecule has 1 aromatic carbocycles. The van der Waals surface area contributed by atoms with Gasteiger partial charge in [-0.1, -0.05) is 29.5 Å². The summed E-state index contributed by atoms with van der Waals surface area (Å²) in [4.78, 5) is 19.4. The maximum Gasteiger partial charge on any atom is 0.230 e. The van der Waals surface area contributed by atoms with Gasteiger partial charge in [-0.2, -0.15) is 0 Å². The third kappa shape index (κ3) is 6.47. The standard InChI is InChI=1S/C23H32N4OS/c1-17(2)5-9-26-10-6-20(7-11-26)25-22(28)16-29-23-24-8-12-27(23)21-14-18(3)13-19(4)15-21/h5,8,12-15,20H,6-7,9-11,16H2,1-4H3,(H,25,28). The normalized spacial score (nSPS) is 15.3. The van der Waals surface area contributed by atoms with Gasteiger partial charge in [0.2, 0.25) is 5.91 Å². The lowest BCUT2D eigenvalue weighted by Gasteiger charge is -2.31. The van der Waals surface area contributed by atoms with Crippen molar-refractivity contribution >= 4 is 17.7 Å². The lowest BCUT2D eigenvalue weighted by atomic mass is 10.0. The fraction of sp³-hybridized carbons (Fsp3) is 0.478. The Kier molecular flexibility index (Phi) is 7.56. The number of hydrogen-bond acceptors (Lipinski definition) is 4. The summed E-state index contributed by atoms with van der Waals surface area (Å²) in [6, 6.07) is 6.72. The molecule has 0 aliphatic carbocycles. The summed E-state index contributed by atoms with van der Waals surface area (Å²) in [6.45, 7) is 11.6. The average Bonchev–Trinajstić information content (AvgIpc) is 3.14. The second-order valence-electron chi connectivity index (χ2n) is 8.14. The number of hydrogen-bond donors (Lipinski definition) is 1. The highest BCUT2D eigenvalue weighted by Gasteiger charge is 2.20. The summed E-state index contributed by atoms with van der Waals surface area (Å²) in [6.07, 6.45) is 8.05. The summed E-state index contributed by atoms with van der Waals surface area (Å²) in [7, 11) is 0. The number of aryl methyl sites for hydroxylation is 2. The first-order valence-corrected chi connectivity index (χ1v) is 11.3. The molecule has 0 unspecified atom stereocenters. The Morgan fingerprint density at radius 3 is 2.55 bits per heavy atom. The minimum absolute atomic E-state index is 0.0905. The summed E-state index contributed by atoms with van der Waals surface area (Å²) in [5.74, 6) is 0.479. The Morgan fingerprint density at radius 2 is 1.90 bits per heavy atom. The molecule has 1 aromatic heterocycles. The first-order chi connectivity index (χ1) is 13.9. The molecular formula is C23H32N4OS. The molecule has 2 heterocycles. The van der Waals surface area contributed by atoms with Crippen molar-refractivity contribution in [3.8, 4) is 5.69 Å². The van der Waals surface area contributed by atoms with Crippen LogP contribution in [-0.2, 0) is 4.79 Å². The Morgan fingerprint density at radius 1 is 1.21 bits per heavy atom. The van der Waals surface area contributed by atoms with Crippen LogP contribution in [-0.4, -0.2) is 51.8 Å². The van der Waals surface area contributed by atoms with E-state index in [1.54, 1.807) is 6.20 Å². The highest BCUT2D eigenvalue weighted by molar-refractivity contribution is 7.99. The van der Waals surface area contributed by atoms with Crippen LogP contribution in [0.4, 0.5) is 0 Å². The van der Waals surface area contributed by atoms with Crippen molar-refractivity contribution in [3.63, 3.8) is 0 Å². The Bertz CT molecular complexity index is 841. The summed E-state index contributed by atoms with van der Waals surface area (Å²) in [5, 5.41) is 4.05. The van der Waals surface area contributed by atoms with Crippen molar-refractivity contribution in [1.82, 2.24) is 19.8 Å². The molecule has 1 saturated heterocycles. The van der Waals surface area contributed by atoms with E-state index in [-0.39, 0.29) is 11.9 Å². The number of nitrogens with zero attached hydrogens (tertiary/aromatic N) is 3. The topological polar surface area (TPSA) is 50.2 Å². The van der Waals surface area contributed by atoms with Gasteiger partial charge in [0.25, 0.3) is 0 Å². The van der Waals surface area contributed by atoms with Crippen LogP contribution in [0.1, 0.15) is 37.8 Å². The number of benzene rings is 1. The van der Waals surface area contributed by atoms with E-state index in [4.69, 9.17) is 0 Å². The summed E-state index contributed by atoms with van der Waals surface area (Å²) in [5.41, 5.74) is 4.89. The van der Waals surface area contributed by atoms with E-state index in [0.717, 1.165) is 43.3 Å². The maximum absolute atomic E-state index is 12.5. The lowest BCUT2D eigenvalue weighted by Crippen LogP contribution is -2.45. The molecule has 1 aliphatic rings. The predicted molar refractivity (Wildman–Crippen MR) is 121 cm³/mol. The number of rotatable bonds is 7. The zero-order valence-corrected chi connectivity index (χ0v) is 18.8. The monoisotopic (exact) mass is 412 g/mol. The number of allylic oxidation sites excluding steroid dienone is 1. The number of piperidine rings is 1. The van der Waals surface area contributed by atoms with E-state index in [9.17, 15) is 4.79 Å². The molecule has 0 bridgehead atoms. The van der Waals surface area contributed by atoms with Gasteiger partial charge in [0.05, 0.1) is 5.75 Å². The number of carbonyl (C=O) groups is 1. The number of carbonyl (C=O) groups excluding carboxylic acids is 1. The highest BCUT2D eigenvalue weighted by atomic mass is 32.2. The maximum atomic E-state index is 12.5. The van der Waals surface area contributed by atoms with Crippen molar-refractivity contribution in [2.45, 2.75) is 51.7 Å². The number of likely N-dealkylation sites (tertiary alicyclic amines) is 1. The van der Waals surface area contributed by atoms with Crippen molar-refractivity contribution in [1.29, 1.82) is 0 Å². The fourth-order valence-corrected chi connectivity index (χ4v) is 4.44. The molecule has 0 spiro atoms. The number of thioether (sulfide) groups is 1.